The number of hydrazone groups is 1. The molecule has 0 saturated carbocycles. The summed E-state index contributed by atoms with van der Waals surface area (Å²) in [5.74, 6) is 0.493. The molecule has 25 heavy (non-hydrogen) atoms. The van der Waals surface area contributed by atoms with E-state index in [1.165, 1.54) is 24.6 Å². The van der Waals surface area contributed by atoms with Gasteiger partial charge in [0, 0.05) is 18.4 Å². The number of methoxy groups -OCH3 is 1. The number of amides is 1. The molecule has 0 fully saturated rings. The molecule has 0 N–H and O–H groups in total. The summed E-state index contributed by atoms with van der Waals surface area (Å²) in [5.41, 5.74) is 4.10. The maximum atomic E-state index is 13.3. The SMILES string of the molecule is COc1ccc2c(c1)C1=NN(C(C)=O)[C@H](c3ccc(F)cc3)[C@H]1CC2. The van der Waals surface area contributed by atoms with E-state index in [0.29, 0.717) is 0 Å². The van der Waals surface area contributed by atoms with E-state index in [2.05, 4.69) is 11.2 Å². The lowest BCUT2D eigenvalue weighted by Crippen LogP contribution is -2.31. The predicted octanol–water partition coefficient (Wildman–Crippen LogP) is 3.70. The highest BCUT2D eigenvalue weighted by atomic mass is 19.1. The number of benzene rings is 2. The number of aryl methyl sites for hydroxylation is 1. The molecule has 4 nitrogen and oxygen atoms in total. The van der Waals surface area contributed by atoms with Crippen LogP contribution in [-0.4, -0.2) is 23.7 Å². The molecule has 1 heterocycles. The first-order valence-electron chi connectivity index (χ1n) is 8.39. The molecule has 0 radical (unpaired) electrons. The minimum atomic E-state index is -0.281. The van der Waals surface area contributed by atoms with E-state index < -0.39 is 0 Å². The highest BCUT2D eigenvalue weighted by molar-refractivity contribution is 6.07. The monoisotopic (exact) mass is 338 g/mol. The first-order valence-corrected chi connectivity index (χ1v) is 8.39. The highest BCUT2D eigenvalue weighted by Gasteiger charge is 2.43. The number of halogens is 1. The first-order chi connectivity index (χ1) is 12.1. The van der Waals surface area contributed by atoms with Crippen LogP contribution in [0.4, 0.5) is 4.39 Å². The summed E-state index contributed by atoms with van der Waals surface area (Å²) in [6.07, 6.45) is 1.83. The van der Waals surface area contributed by atoms with Crippen molar-refractivity contribution < 1.29 is 13.9 Å². The largest absolute Gasteiger partial charge is 0.497 e. The zero-order valence-electron chi connectivity index (χ0n) is 14.2. The third-order valence-corrected chi connectivity index (χ3v) is 5.06. The summed E-state index contributed by atoms with van der Waals surface area (Å²) < 4.78 is 18.7. The third kappa shape index (κ3) is 2.60. The minimum absolute atomic E-state index is 0.106. The van der Waals surface area contributed by atoms with Gasteiger partial charge in [0.2, 0.25) is 5.91 Å². The number of carbonyl (C=O) groups is 1. The second kappa shape index (κ2) is 5.99. The average molecular weight is 338 g/mol. The maximum Gasteiger partial charge on any atom is 0.240 e. The first kappa shape index (κ1) is 15.8. The maximum absolute atomic E-state index is 13.3. The van der Waals surface area contributed by atoms with E-state index >= 15 is 0 Å². The van der Waals surface area contributed by atoms with E-state index in [-0.39, 0.29) is 23.7 Å². The fraction of sp³-hybridized carbons (Fsp3) is 0.300. The third-order valence-electron chi connectivity index (χ3n) is 5.06. The van der Waals surface area contributed by atoms with Crippen LogP contribution < -0.4 is 4.74 Å². The van der Waals surface area contributed by atoms with E-state index in [1.807, 2.05) is 12.1 Å². The molecule has 128 valence electrons. The van der Waals surface area contributed by atoms with Crippen LogP contribution in [0.2, 0.25) is 0 Å². The zero-order chi connectivity index (χ0) is 17.6. The van der Waals surface area contributed by atoms with Gasteiger partial charge in [-0.1, -0.05) is 18.2 Å². The van der Waals surface area contributed by atoms with Crippen molar-refractivity contribution in [1.82, 2.24) is 5.01 Å². The second-order valence-electron chi connectivity index (χ2n) is 6.51. The van der Waals surface area contributed by atoms with Gasteiger partial charge >= 0.3 is 0 Å². The van der Waals surface area contributed by atoms with Crippen LogP contribution in [0.1, 0.15) is 36.1 Å². The van der Waals surface area contributed by atoms with Crippen molar-refractivity contribution in [2.24, 2.45) is 11.0 Å². The topological polar surface area (TPSA) is 41.9 Å². The number of fused-ring (bicyclic) bond motifs is 3. The Kier molecular flexibility index (Phi) is 3.79. The summed E-state index contributed by atoms with van der Waals surface area (Å²) in [6, 6.07) is 12.2. The van der Waals surface area contributed by atoms with Crippen molar-refractivity contribution >= 4 is 11.6 Å². The molecule has 5 heteroatoms. The fourth-order valence-electron chi connectivity index (χ4n) is 3.87. The average Bonchev–Trinajstić information content (AvgIpc) is 3.02. The normalized spacial score (nSPS) is 21.4. The van der Waals surface area contributed by atoms with Crippen LogP contribution in [0.25, 0.3) is 0 Å². The molecule has 1 aliphatic carbocycles. The summed E-state index contributed by atoms with van der Waals surface area (Å²) in [5, 5.41) is 6.20. The van der Waals surface area contributed by atoms with Crippen molar-refractivity contribution in [3.63, 3.8) is 0 Å². The van der Waals surface area contributed by atoms with Gasteiger partial charge in [0.25, 0.3) is 0 Å². The van der Waals surface area contributed by atoms with E-state index in [0.717, 1.165) is 35.4 Å². The van der Waals surface area contributed by atoms with Crippen LogP contribution in [-0.2, 0) is 11.2 Å². The number of hydrogen-bond acceptors (Lipinski definition) is 3. The number of hydrogen-bond donors (Lipinski definition) is 0. The Morgan fingerprint density at radius 1 is 1.24 bits per heavy atom. The molecule has 1 aliphatic heterocycles. The van der Waals surface area contributed by atoms with Gasteiger partial charge in [0.1, 0.15) is 11.6 Å². The van der Waals surface area contributed by atoms with Crippen molar-refractivity contribution in [3.05, 3.63) is 65.0 Å². The number of nitrogens with zero attached hydrogens (tertiary/aromatic N) is 2. The molecule has 2 aliphatic rings. The van der Waals surface area contributed by atoms with Gasteiger partial charge in [-0.25, -0.2) is 9.40 Å². The Morgan fingerprint density at radius 3 is 2.68 bits per heavy atom. The van der Waals surface area contributed by atoms with Crippen LogP contribution >= 0.6 is 0 Å². The Hall–Kier alpha value is -2.69. The molecular weight excluding hydrogens is 319 g/mol. The van der Waals surface area contributed by atoms with Gasteiger partial charge < -0.3 is 4.74 Å². The molecule has 0 unspecified atom stereocenters. The summed E-state index contributed by atoms with van der Waals surface area (Å²) in [4.78, 5) is 12.2. The van der Waals surface area contributed by atoms with Gasteiger partial charge in [-0.15, -0.1) is 0 Å². The Morgan fingerprint density at radius 2 is 2.00 bits per heavy atom. The minimum Gasteiger partial charge on any atom is -0.497 e. The van der Waals surface area contributed by atoms with E-state index in [9.17, 15) is 9.18 Å². The van der Waals surface area contributed by atoms with E-state index in [1.54, 1.807) is 24.3 Å². The molecule has 4 rings (SSSR count). The molecule has 2 aromatic rings. The predicted molar refractivity (Wildman–Crippen MR) is 93.0 cm³/mol. The van der Waals surface area contributed by atoms with Gasteiger partial charge in [-0.05, 0) is 48.2 Å². The lowest BCUT2D eigenvalue weighted by Gasteiger charge is -2.29. The summed E-state index contributed by atoms with van der Waals surface area (Å²) in [6.45, 7) is 1.52. The van der Waals surface area contributed by atoms with Gasteiger partial charge in [0.15, 0.2) is 0 Å². The van der Waals surface area contributed by atoms with Gasteiger partial charge in [0.05, 0.1) is 18.9 Å². The standard InChI is InChI=1S/C20H19FN2O2/c1-12(24)23-20(14-3-7-15(21)8-4-14)17-10-6-13-5-9-16(25-2)11-18(13)19(17)22-23/h3-5,7-9,11,17,20H,6,10H2,1-2H3/t17-,20+/m0/s1. The van der Waals surface area contributed by atoms with Crippen molar-refractivity contribution in [2.45, 2.75) is 25.8 Å². The van der Waals surface area contributed by atoms with Crippen LogP contribution in [0.3, 0.4) is 0 Å². The van der Waals surface area contributed by atoms with Gasteiger partial charge in [-0.2, -0.15) is 5.10 Å². The molecule has 0 aromatic heterocycles. The smallest absolute Gasteiger partial charge is 0.240 e. The van der Waals surface area contributed by atoms with Crippen LogP contribution in [0, 0.1) is 11.7 Å². The van der Waals surface area contributed by atoms with Crippen LogP contribution in [0.5, 0.6) is 5.75 Å². The fourth-order valence-corrected chi connectivity index (χ4v) is 3.87. The number of carbonyl (C=O) groups excluding carboxylic acids is 1. The quantitative estimate of drug-likeness (QED) is 0.838. The summed E-state index contributed by atoms with van der Waals surface area (Å²) in [7, 11) is 1.64. The van der Waals surface area contributed by atoms with Crippen molar-refractivity contribution in [1.29, 1.82) is 0 Å². The highest BCUT2D eigenvalue weighted by Crippen LogP contribution is 2.43. The lowest BCUT2D eigenvalue weighted by molar-refractivity contribution is -0.131. The molecule has 2 atom stereocenters. The van der Waals surface area contributed by atoms with Crippen molar-refractivity contribution in [2.75, 3.05) is 7.11 Å². The molecule has 2 aromatic carbocycles. The lowest BCUT2D eigenvalue weighted by atomic mass is 9.77. The number of rotatable bonds is 2. The Balaban J connectivity index is 1.80. The van der Waals surface area contributed by atoms with Crippen LogP contribution in [0.15, 0.2) is 47.6 Å². The number of ether oxygens (including phenoxy) is 1. The van der Waals surface area contributed by atoms with Crippen molar-refractivity contribution in [3.8, 4) is 5.75 Å². The zero-order valence-corrected chi connectivity index (χ0v) is 14.2. The summed E-state index contributed by atoms with van der Waals surface area (Å²) >= 11 is 0. The molecule has 0 bridgehead atoms. The van der Waals surface area contributed by atoms with E-state index in [4.69, 9.17) is 4.74 Å². The Labute approximate surface area is 145 Å². The second-order valence-corrected chi connectivity index (χ2v) is 6.51. The Bertz CT molecular complexity index is 860. The molecule has 0 saturated heterocycles. The molecular formula is C20H19FN2O2. The molecule has 0 spiro atoms. The van der Waals surface area contributed by atoms with Gasteiger partial charge in [-0.3, -0.25) is 4.79 Å². The molecule has 1 amide bonds.